The predicted molar refractivity (Wildman–Crippen MR) is 82.6 cm³/mol. The molecule has 1 aromatic rings. The Morgan fingerprint density at radius 2 is 1.89 bits per heavy atom. The Labute approximate surface area is 118 Å². The van der Waals surface area contributed by atoms with Gasteiger partial charge < -0.3 is 10.8 Å². The minimum Gasteiger partial charge on any atom is -0.508 e. The van der Waals surface area contributed by atoms with Crippen LogP contribution in [-0.2, 0) is 6.42 Å². The van der Waals surface area contributed by atoms with Crippen molar-refractivity contribution in [2.75, 3.05) is 6.54 Å². The summed E-state index contributed by atoms with van der Waals surface area (Å²) >= 11 is 0. The van der Waals surface area contributed by atoms with E-state index in [0.717, 1.165) is 18.9 Å². The van der Waals surface area contributed by atoms with Crippen LogP contribution in [-0.4, -0.2) is 11.7 Å². The molecule has 0 fully saturated rings. The maximum Gasteiger partial charge on any atom is 0.115 e. The Morgan fingerprint density at radius 1 is 1.21 bits per heavy atom. The molecule has 0 saturated carbocycles. The summed E-state index contributed by atoms with van der Waals surface area (Å²) in [6.07, 6.45) is 6.04. The third-order valence-electron chi connectivity index (χ3n) is 4.14. The Hall–Kier alpha value is -1.02. The van der Waals surface area contributed by atoms with Crippen LogP contribution < -0.4 is 5.73 Å². The second-order valence-corrected chi connectivity index (χ2v) is 5.39. The van der Waals surface area contributed by atoms with Crippen molar-refractivity contribution in [1.82, 2.24) is 0 Å². The Balaban J connectivity index is 0.000000399. The summed E-state index contributed by atoms with van der Waals surface area (Å²) in [4.78, 5) is 0. The first kappa shape index (κ1) is 16.0. The van der Waals surface area contributed by atoms with Crippen LogP contribution >= 0.6 is 0 Å². The fourth-order valence-electron chi connectivity index (χ4n) is 2.99. The van der Waals surface area contributed by atoms with E-state index in [9.17, 15) is 5.11 Å². The van der Waals surface area contributed by atoms with Crippen LogP contribution in [0.2, 0.25) is 0 Å². The number of aromatic hydroxyl groups is 1. The van der Waals surface area contributed by atoms with E-state index < -0.39 is 0 Å². The van der Waals surface area contributed by atoms with Crippen molar-refractivity contribution < 1.29 is 5.11 Å². The Morgan fingerprint density at radius 3 is 2.42 bits per heavy atom. The Bertz CT molecular complexity index is 374. The van der Waals surface area contributed by atoms with E-state index in [2.05, 4.69) is 26.8 Å². The van der Waals surface area contributed by atoms with E-state index in [-0.39, 0.29) is 0 Å². The molecule has 0 aliphatic heterocycles. The number of rotatable bonds is 3. The standard InChI is InChI=1S/C14H20O.C3H9N/c1-3-10-5-6-11-7-8-12(15)9-14(11)13(10)4-2;1-2-3-4/h7-10,13,15H,3-6H2,1-2H3;2-4H2,1H3. The number of nitrogens with two attached hydrogens (primary N) is 1. The lowest BCUT2D eigenvalue weighted by Crippen LogP contribution is -2.19. The van der Waals surface area contributed by atoms with Gasteiger partial charge in [-0.15, -0.1) is 0 Å². The highest BCUT2D eigenvalue weighted by molar-refractivity contribution is 5.39. The maximum atomic E-state index is 9.56. The lowest BCUT2D eigenvalue weighted by molar-refractivity contribution is 0.351. The second-order valence-electron chi connectivity index (χ2n) is 5.39. The minimum atomic E-state index is 0.420. The Kier molecular flexibility index (Phi) is 6.93. The zero-order valence-electron chi connectivity index (χ0n) is 12.7. The van der Waals surface area contributed by atoms with Crippen LogP contribution in [0.4, 0.5) is 0 Å². The first-order chi connectivity index (χ1) is 9.17. The van der Waals surface area contributed by atoms with Gasteiger partial charge in [0.15, 0.2) is 0 Å². The smallest absolute Gasteiger partial charge is 0.115 e. The van der Waals surface area contributed by atoms with E-state index >= 15 is 0 Å². The first-order valence-corrected chi connectivity index (χ1v) is 7.69. The van der Waals surface area contributed by atoms with E-state index in [1.165, 1.54) is 36.8 Å². The van der Waals surface area contributed by atoms with Crippen LogP contribution in [0.5, 0.6) is 5.75 Å². The number of phenols is 1. The number of phenolic OH excluding ortho intramolecular Hbond substituents is 1. The van der Waals surface area contributed by atoms with Crippen molar-refractivity contribution in [2.24, 2.45) is 11.7 Å². The van der Waals surface area contributed by atoms with Gasteiger partial charge in [-0.2, -0.15) is 0 Å². The molecule has 3 N–H and O–H groups in total. The van der Waals surface area contributed by atoms with Gasteiger partial charge in [-0.1, -0.05) is 33.3 Å². The van der Waals surface area contributed by atoms with Gasteiger partial charge in [-0.25, -0.2) is 0 Å². The number of hydrogen-bond acceptors (Lipinski definition) is 2. The molecule has 19 heavy (non-hydrogen) atoms. The summed E-state index contributed by atoms with van der Waals surface area (Å²) in [7, 11) is 0. The van der Waals surface area contributed by atoms with Crippen LogP contribution in [0.15, 0.2) is 18.2 Å². The monoisotopic (exact) mass is 263 g/mol. The van der Waals surface area contributed by atoms with Gasteiger partial charge in [0.1, 0.15) is 5.75 Å². The van der Waals surface area contributed by atoms with E-state index in [1.54, 1.807) is 0 Å². The van der Waals surface area contributed by atoms with E-state index in [0.29, 0.717) is 11.7 Å². The minimum absolute atomic E-state index is 0.420. The summed E-state index contributed by atoms with van der Waals surface area (Å²) in [6, 6.07) is 5.89. The fraction of sp³-hybridized carbons (Fsp3) is 0.647. The third kappa shape index (κ3) is 4.24. The molecule has 1 aliphatic carbocycles. The molecule has 0 amide bonds. The van der Waals surface area contributed by atoms with E-state index in [4.69, 9.17) is 5.73 Å². The average molecular weight is 263 g/mol. The number of aryl methyl sites for hydroxylation is 1. The van der Waals surface area contributed by atoms with Crippen molar-refractivity contribution in [3.05, 3.63) is 29.3 Å². The molecule has 0 spiro atoms. The molecular formula is C17H29NO. The molecule has 0 bridgehead atoms. The number of hydrogen-bond donors (Lipinski definition) is 2. The van der Waals surface area contributed by atoms with Crippen LogP contribution in [0, 0.1) is 5.92 Å². The van der Waals surface area contributed by atoms with Gasteiger partial charge in [-0.3, -0.25) is 0 Å². The van der Waals surface area contributed by atoms with Gasteiger partial charge in [0.05, 0.1) is 0 Å². The summed E-state index contributed by atoms with van der Waals surface area (Å²) in [5, 5.41) is 9.56. The van der Waals surface area contributed by atoms with Gasteiger partial charge in [-0.05, 0) is 67.3 Å². The highest BCUT2D eigenvalue weighted by Gasteiger charge is 2.26. The van der Waals surface area contributed by atoms with Crippen LogP contribution in [0.1, 0.15) is 63.5 Å². The molecular weight excluding hydrogens is 234 g/mol. The predicted octanol–water partition coefficient (Wildman–Crippen LogP) is 4.21. The van der Waals surface area contributed by atoms with Crippen molar-refractivity contribution in [3.8, 4) is 5.75 Å². The van der Waals surface area contributed by atoms with Crippen molar-refractivity contribution in [3.63, 3.8) is 0 Å². The zero-order chi connectivity index (χ0) is 14.3. The molecule has 2 heteroatoms. The quantitative estimate of drug-likeness (QED) is 0.858. The highest BCUT2D eigenvalue weighted by atomic mass is 16.3. The summed E-state index contributed by atoms with van der Waals surface area (Å²) < 4.78 is 0. The molecule has 2 atom stereocenters. The second kappa shape index (κ2) is 8.21. The average Bonchev–Trinajstić information content (AvgIpc) is 2.46. The zero-order valence-corrected chi connectivity index (χ0v) is 12.7. The lowest BCUT2D eigenvalue weighted by Gasteiger charge is -2.32. The molecule has 1 aliphatic rings. The normalized spacial score (nSPS) is 21.3. The largest absolute Gasteiger partial charge is 0.508 e. The third-order valence-corrected chi connectivity index (χ3v) is 4.14. The highest BCUT2D eigenvalue weighted by Crippen LogP contribution is 2.41. The number of benzene rings is 1. The summed E-state index contributed by atoms with van der Waals surface area (Å²) in [5.41, 5.74) is 7.87. The molecule has 1 aromatic carbocycles. The SMILES string of the molecule is CCC1CCc2ccc(O)cc2C1CC.CCCN. The van der Waals surface area contributed by atoms with Crippen molar-refractivity contribution in [2.45, 2.75) is 58.8 Å². The molecule has 2 nitrogen and oxygen atoms in total. The van der Waals surface area contributed by atoms with Crippen molar-refractivity contribution >= 4 is 0 Å². The fourth-order valence-corrected chi connectivity index (χ4v) is 2.99. The molecule has 2 rings (SSSR count). The van der Waals surface area contributed by atoms with Crippen LogP contribution in [0.25, 0.3) is 0 Å². The topological polar surface area (TPSA) is 46.2 Å². The molecule has 108 valence electrons. The van der Waals surface area contributed by atoms with Gasteiger partial charge in [0.25, 0.3) is 0 Å². The van der Waals surface area contributed by atoms with Gasteiger partial charge in [0.2, 0.25) is 0 Å². The van der Waals surface area contributed by atoms with Gasteiger partial charge >= 0.3 is 0 Å². The number of fused-ring (bicyclic) bond motifs is 1. The van der Waals surface area contributed by atoms with Crippen molar-refractivity contribution in [1.29, 1.82) is 0 Å². The van der Waals surface area contributed by atoms with E-state index in [1.807, 2.05) is 12.1 Å². The lowest BCUT2D eigenvalue weighted by atomic mass is 9.73. The molecule has 0 saturated heterocycles. The molecule has 2 unspecified atom stereocenters. The van der Waals surface area contributed by atoms with Gasteiger partial charge in [0, 0.05) is 0 Å². The molecule has 0 radical (unpaired) electrons. The van der Waals surface area contributed by atoms with Crippen LogP contribution in [0.3, 0.4) is 0 Å². The maximum absolute atomic E-state index is 9.56. The molecule has 0 aromatic heterocycles. The first-order valence-electron chi connectivity index (χ1n) is 7.69. The molecule has 0 heterocycles. The summed E-state index contributed by atoms with van der Waals surface area (Å²) in [5.74, 6) is 1.89. The summed E-state index contributed by atoms with van der Waals surface area (Å²) in [6.45, 7) is 7.41.